The first-order valence-corrected chi connectivity index (χ1v) is 16.3. The second-order valence-corrected chi connectivity index (χ2v) is 12.2. The Balaban J connectivity index is 1.13. The standard InChI is InChI=1S/C46H30N2/c1-2-11-31(12-3-1)36-16-8-18-38(29-36)39-19-9-17-37(30-39)32-23-25-35(26-24-32)46-47-44-41-21-7-5-14-34(41)27-28-43(44)45(48-46)42-22-10-15-33-13-4-6-20-40(33)42/h1-30H. The van der Waals surface area contributed by atoms with Crippen LogP contribution in [0.15, 0.2) is 182 Å². The molecule has 0 radical (unpaired) electrons. The number of rotatable bonds is 5. The molecule has 48 heavy (non-hydrogen) atoms. The molecular formula is C46H30N2. The van der Waals surface area contributed by atoms with Crippen LogP contribution in [-0.2, 0) is 0 Å². The van der Waals surface area contributed by atoms with E-state index in [1.165, 1.54) is 44.0 Å². The molecule has 0 spiro atoms. The first kappa shape index (κ1) is 27.9. The van der Waals surface area contributed by atoms with Crippen molar-refractivity contribution in [3.05, 3.63) is 182 Å². The summed E-state index contributed by atoms with van der Waals surface area (Å²) >= 11 is 0. The van der Waals surface area contributed by atoms with Crippen LogP contribution in [0.25, 0.3) is 88.5 Å². The molecule has 8 aromatic carbocycles. The molecule has 0 bridgehead atoms. The van der Waals surface area contributed by atoms with Crippen molar-refractivity contribution >= 4 is 32.4 Å². The van der Waals surface area contributed by atoms with Gasteiger partial charge in [0.05, 0.1) is 11.2 Å². The van der Waals surface area contributed by atoms with Gasteiger partial charge in [-0.1, -0.05) is 164 Å². The quantitative estimate of drug-likeness (QED) is 0.181. The lowest BCUT2D eigenvalue weighted by atomic mass is 9.95. The monoisotopic (exact) mass is 610 g/mol. The fraction of sp³-hybridized carbons (Fsp3) is 0. The molecule has 0 saturated heterocycles. The van der Waals surface area contributed by atoms with Gasteiger partial charge >= 0.3 is 0 Å². The van der Waals surface area contributed by atoms with Crippen molar-refractivity contribution in [3.8, 4) is 56.0 Å². The van der Waals surface area contributed by atoms with Crippen LogP contribution in [0.1, 0.15) is 0 Å². The number of benzene rings is 8. The molecule has 0 N–H and O–H groups in total. The highest BCUT2D eigenvalue weighted by Crippen LogP contribution is 2.37. The highest BCUT2D eigenvalue weighted by Gasteiger charge is 2.16. The molecule has 1 aromatic heterocycles. The Morgan fingerprint density at radius 2 is 0.792 bits per heavy atom. The summed E-state index contributed by atoms with van der Waals surface area (Å²) in [6.45, 7) is 0. The van der Waals surface area contributed by atoms with Gasteiger partial charge < -0.3 is 0 Å². The van der Waals surface area contributed by atoms with Crippen molar-refractivity contribution in [3.63, 3.8) is 0 Å². The van der Waals surface area contributed by atoms with Crippen molar-refractivity contribution in [1.29, 1.82) is 0 Å². The summed E-state index contributed by atoms with van der Waals surface area (Å²) < 4.78 is 0. The zero-order valence-electron chi connectivity index (χ0n) is 26.2. The van der Waals surface area contributed by atoms with E-state index in [1.54, 1.807) is 0 Å². The molecule has 0 unspecified atom stereocenters. The van der Waals surface area contributed by atoms with E-state index in [0.717, 1.165) is 44.5 Å². The van der Waals surface area contributed by atoms with Gasteiger partial charge in [-0.25, -0.2) is 9.97 Å². The van der Waals surface area contributed by atoms with E-state index in [0.29, 0.717) is 0 Å². The molecule has 2 heteroatoms. The zero-order chi connectivity index (χ0) is 31.9. The van der Waals surface area contributed by atoms with Crippen LogP contribution < -0.4 is 0 Å². The molecule has 0 amide bonds. The van der Waals surface area contributed by atoms with Gasteiger partial charge in [0.2, 0.25) is 0 Å². The summed E-state index contributed by atoms with van der Waals surface area (Å²) in [6, 6.07) is 64.5. The number of fused-ring (bicyclic) bond motifs is 4. The van der Waals surface area contributed by atoms with Gasteiger partial charge in [0, 0.05) is 21.9 Å². The average molecular weight is 611 g/mol. The van der Waals surface area contributed by atoms with Crippen LogP contribution in [-0.4, -0.2) is 9.97 Å². The van der Waals surface area contributed by atoms with Crippen molar-refractivity contribution in [2.24, 2.45) is 0 Å². The van der Waals surface area contributed by atoms with E-state index in [4.69, 9.17) is 9.97 Å². The van der Waals surface area contributed by atoms with Crippen LogP contribution in [0.3, 0.4) is 0 Å². The van der Waals surface area contributed by atoms with E-state index >= 15 is 0 Å². The predicted octanol–water partition coefficient (Wildman–Crippen LogP) is 12.3. The molecule has 0 fully saturated rings. The minimum Gasteiger partial charge on any atom is -0.227 e. The second kappa shape index (κ2) is 11.8. The molecule has 2 nitrogen and oxygen atoms in total. The minimum atomic E-state index is 0.722. The molecule has 0 aliphatic heterocycles. The van der Waals surface area contributed by atoms with Crippen LogP contribution >= 0.6 is 0 Å². The maximum atomic E-state index is 5.28. The first-order valence-electron chi connectivity index (χ1n) is 16.3. The fourth-order valence-corrected chi connectivity index (χ4v) is 6.83. The Morgan fingerprint density at radius 3 is 1.50 bits per heavy atom. The average Bonchev–Trinajstić information content (AvgIpc) is 3.18. The molecule has 9 rings (SSSR count). The summed E-state index contributed by atoms with van der Waals surface area (Å²) in [5, 5.41) is 5.73. The van der Waals surface area contributed by atoms with E-state index in [2.05, 4.69) is 182 Å². The van der Waals surface area contributed by atoms with Crippen molar-refractivity contribution in [1.82, 2.24) is 9.97 Å². The molecule has 0 atom stereocenters. The molecule has 0 saturated carbocycles. The summed E-state index contributed by atoms with van der Waals surface area (Å²) in [6.07, 6.45) is 0. The third kappa shape index (κ3) is 5.01. The van der Waals surface area contributed by atoms with E-state index < -0.39 is 0 Å². The summed E-state index contributed by atoms with van der Waals surface area (Å²) in [7, 11) is 0. The Labute approximate surface area is 279 Å². The number of nitrogens with zero attached hydrogens (tertiary/aromatic N) is 2. The largest absolute Gasteiger partial charge is 0.227 e. The Bertz CT molecular complexity index is 2600. The fourth-order valence-electron chi connectivity index (χ4n) is 6.83. The highest BCUT2D eigenvalue weighted by atomic mass is 14.9. The van der Waals surface area contributed by atoms with Crippen molar-refractivity contribution in [2.75, 3.05) is 0 Å². The molecular weight excluding hydrogens is 581 g/mol. The maximum Gasteiger partial charge on any atom is 0.160 e. The molecule has 224 valence electrons. The summed E-state index contributed by atoms with van der Waals surface area (Å²) in [4.78, 5) is 10.5. The van der Waals surface area contributed by atoms with Gasteiger partial charge in [-0.2, -0.15) is 0 Å². The van der Waals surface area contributed by atoms with Crippen molar-refractivity contribution in [2.45, 2.75) is 0 Å². The van der Waals surface area contributed by atoms with Crippen LogP contribution in [0.5, 0.6) is 0 Å². The SMILES string of the molecule is c1ccc(-c2cccc(-c3cccc(-c4ccc(-c5nc(-c6cccc7ccccc67)c6ccc7ccccc7c6n5)cc4)c3)c2)cc1. The van der Waals surface area contributed by atoms with Crippen LogP contribution in [0.4, 0.5) is 0 Å². The second-order valence-electron chi connectivity index (χ2n) is 12.2. The van der Waals surface area contributed by atoms with Crippen LogP contribution in [0, 0.1) is 0 Å². The lowest BCUT2D eigenvalue weighted by molar-refractivity contribution is 1.24. The van der Waals surface area contributed by atoms with E-state index in [1.807, 2.05) is 0 Å². The third-order valence-electron chi connectivity index (χ3n) is 9.28. The minimum absolute atomic E-state index is 0.722. The lowest BCUT2D eigenvalue weighted by Crippen LogP contribution is -1.96. The van der Waals surface area contributed by atoms with Gasteiger partial charge in [-0.15, -0.1) is 0 Å². The summed E-state index contributed by atoms with van der Waals surface area (Å²) in [5.41, 5.74) is 11.2. The maximum absolute atomic E-state index is 5.28. The number of hydrogen-bond acceptors (Lipinski definition) is 2. The molecule has 0 aliphatic carbocycles. The highest BCUT2D eigenvalue weighted by molar-refractivity contribution is 6.12. The van der Waals surface area contributed by atoms with Gasteiger partial charge in [0.25, 0.3) is 0 Å². The van der Waals surface area contributed by atoms with E-state index in [-0.39, 0.29) is 0 Å². The van der Waals surface area contributed by atoms with Gasteiger partial charge in [0.1, 0.15) is 0 Å². The summed E-state index contributed by atoms with van der Waals surface area (Å²) in [5.74, 6) is 0.722. The Morgan fingerprint density at radius 1 is 0.292 bits per heavy atom. The topological polar surface area (TPSA) is 25.8 Å². The van der Waals surface area contributed by atoms with E-state index in [9.17, 15) is 0 Å². The zero-order valence-corrected chi connectivity index (χ0v) is 26.2. The Kier molecular flexibility index (Phi) is 6.84. The third-order valence-corrected chi connectivity index (χ3v) is 9.28. The molecule has 1 heterocycles. The first-order chi connectivity index (χ1) is 23.8. The predicted molar refractivity (Wildman–Crippen MR) is 202 cm³/mol. The normalized spacial score (nSPS) is 11.3. The van der Waals surface area contributed by atoms with Crippen LogP contribution in [0.2, 0.25) is 0 Å². The van der Waals surface area contributed by atoms with Gasteiger partial charge in [-0.05, 0) is 67.7 Å². The van der Waals surface area contributed by atoms with Crippen molar-refractivity contribution < 1.29 is 0 Å². The molecule has 0 aliphatic rings. The molecule has 9 aromatic rings. The van der Waals surface area contributed by atoms with Gasteiger partial charge in [0.15, 0.2) is 5.82 Å². The van der Waals surface area contributed by atoms with Gasteiger partial charge in [-0.3, -0.25) is 0 Å². The lowest BCUT2D eigenvalue weighted by Gasteiger charge is -2.13. The number of hydrogen-bond donors (Lipinski definition) is 0. The number of aromatic nitrogens is 2. The smallest absolute Gasteiger partial charge is 0.160 e. The Hall–Kier alpha value is -6.38.